The predicted octanol–water partition coefficient (Wildman–Crippen LogP) is 4.83. The second-order valence-electron chi connectivity index (χ2n) is 8.11. The van der Waals surface area contributed by atoms with Crippen LogP contribution in [0.3, 0.4) is 0 Å². The average Bonchev–Trinajstić information content (AvgIpc) is 2.93. The molecule has 2 heterocycles. The predicted molar refractivity (Wildman–Crippen MR) is 137 cm³/mol. The fraction of sp³-hybridized carbons (Fsp3) is 0.148. The van der Waals surface area contributed by atoms with Gasteiger partial charge in [0.2, 0.25) is 5.78 Å². The van der Waals surface area contributed by atoms with Crippen LogP contribution >= 0.6 is 0 Å². The van der Waals surface area contributed by atoms with E-state index in [9.17, 15) is 19.1 Å². The molecule has 0 unspecified atom stereocenters. The Morgan fingerprint density at radius 3 is 2.65 bits per heavy atom. The van der Waals surface area contributed by atoms with Crippen LogP contribution in [-0.2, 0) is 0 Å². The van der Waals surface area contributed by atoms with Crippen LogP contribution in [0.25, 0.3) is 11.3 Å². The Morgan fingerprint density at radius 1 is 1.08 bits per heavy atom. The minimum Gasteiger partial charge on any atom is -0.504 e. The summed E-state index contributed by atoms with van der Waals surface area (Å²) >= 11 is 0. The number of benzene rings is 2. The van der Waals surface area contributed by atoms with E-state index in [1.807, 2.05) is 25.1 Å². The smallest absolute Gasteiger partial charge is 0.257 e. The molecule has 1 amide bonds. The topological polar surface area (TPSA) is 126 Å². The highest BCUT2D eigenvalue weighted by atomic mass is 19.1. The third-order valence-electron chi connectivity index (χ3n) is 5.55. The zero-order chi connectivity index (χ0) is 26.4. The second-order valence-corrected chi connectivity index (χ2v) is 8.11. The van der Waals surface area contributed by atoms with E-state index in [-0.39, 0.29) is 23.0 Å². The maximum atomic E-state index is 12.6. The molecule has 37 heavy (non-hydrogen) atoms. The number of carbonyl (C=O) groups excluding carboxylic acids is 2. The van der Waals surface area contributed by atoms with Crippen LogP contribution in [0.4, 0.5) is 15.9 Å². The summed E-state index contributed by atoms with van der Waals surface area (Å²) in [6, 6.07) is 14.8. The minimum absolute atomic E-state index is 0.0299. The molecule has 0 fully saturated rings. The molecule has 4 rings (SSSR count). The average molecular weight is 502 g/mol. The molecule has 0 bridgehead atoms. The number of hydrogen-bond donors (Lipinski definition) is 3. The van der Waals surface area contributed by atoms with Crippen molar-refractivity contribution in [3.8, 4) is 22.8 Å². The number of ether oxygens (including phenoxy) is 1. The molecular formula is C27H24FN5O4. The standard InChI is InChI=1S/C27H24FN5O4/c1-16(31-26-15-29-14-22(33-26)18-7-9-23(34)25(11-18)37-2)17-4-3-5-20(10-17)32-27(36)19-6-8-21(30-13-19)24(35)12-28/h3-11,13-16,34H,12H2,1-2H3,(H,31,33)(H,32,36)/t16-/m0/s1. The number of phenolic OH excluding ortho intramolecular Hbond substituents is 1. The number of aromatic nitrogens is 3. The first-order valence-electron chi connectivity index (χ1n) is 11.3. The van der Waals surface area contributed by atoms with E-state index in [4.69, 9.17) is 4.74 Å². The van der Waals surface area contributed by atoms with Crippen LogP contribution in [0.1, 0.15) is 39.4 Å². The number of carbonyl (C=O) groups is 2. The number of ketones is 1. The number of nitrogens with one attached hydrogen (secondary N) is 2. The van der Waals surface area contributed by atoms with Crippen LogP contribution in [0, 0.1) is 0 Å². The third-order valence-corrected chi connectivity index (χ3v) is 5.55. The van der Waals surface area contributed by atoms with Crippen LogP contribution in [-0.4, -0.2) is 45.5 Å². The number of anilines is 2. The van der Waals surface area contributed by atoms with Gasteiger partial charge in [0.15, 0.2) is 18.2 Å². The van der Waals surface area contributed by atoms with E-state index >= 15 is 0 Å². The van der Waals surface area contributed by atoms with Crippen molar-refractivity contribution in [2.24, 2.45) is 0 Å². The molecule has 0 spiro atoms. The van der Waals surface area contributed by atoms with Gasteiger partial charge in [0.25, 0.3) is 5.91 Å². The highest BCUT2D eigenvalue weighted by molar-refractivity contribution is 6.04. The molecule has 0 aliphatic heterocycles. The fourth-order valence-corrected chi connectivity index (χ4v) is 3.57. The summed E-state index contributed by atoms with van der Waals surface area (Å²) in [4.78, 5) is 36.7. The van der Waals surface area contributed by atoms with Gasteiger partial charge in [-0.3, -0.25) is 19.6 Å². The van der Waals surface area contributed by atoms with Gasteiger partial charge in [0.05, 0.1) is 36.8 Å². The lowest BCUT2D eigenvalue weighted by atomic mass is 10.1. The number of nitrogens with zero attached hydrogens (tertiary/aromatic N) is 3. The molecule has 2 aromatic carbocycles. The van der Waals surface area contributed by atoms with Crippen LogP contribution in [0.5, 0.6) is 11.5 Å². The summed E-state index contributed by atoms with van der Waals surface area (Å²) in [5.74, 6) is -0.230. The number of Topliss-reactive ketones (excluding diaryl/α,β-unsaturated/α-hetero) is 1. The maximum absolute atomic E-state index is 12.6. The van der Waals surface area contributed by atoms with Gasteiger partial charge in [-0.2, -0.15) is 0 Å². The molecule has 1 atom stereocenters. The third kappa shape index (κ3) is 6.04. The number of alkyl halides is 1. The van der Waals surface area contributed by atoms with Gasteiger partial charge < -0.3 is 20.5 Å². The van der Waals surface area contributed by atoms with Gasteiger partial charge in [0, 0.05) is 17.4 Å². The summed E-state index contributed by atoms with van der Waals surface area (Å²) in [5, 5.41) is 15.9. The van der Waals surface area contributed by atoms with Crippen molar-refractivity contribution in [2.75, 3.05) is 24.4 Å². The minimum atomic E-state index is -1.14. The molecule has 0 aliphatic rings. The Hall–Kier alpha value is -4.86. The van der Waals surface area contributed by atoms with Gasteiger partial charge in [0.1, 0.15) is 11.5 Å². The summed E-state index contributed by atoms with van der Waals surface area (Å²) < 4.78 is 17.7. The molecule has 3 N–H and O–H groups in total. The SMILES string of the molecule is COc1cc(-c2cncc(N[C@@H](C)c3cccc(NC(=O)c4ccc(C(=O)CF)nc4)c3)n2)ccc1O. The number of methoxy groups -OCH3 is 1. The zero-order valence-electron chi connectivity index (χ0n) is 20.1. The maximum Gasteiger partial charge on any atom is 0.257 e. The van der Waals surface area contributed by atoms with E-state index in [1.54, 1.807) is 30.6 Å². The van der Waals surface area contributed by atoms with Crippen molar-refractivity contribution in [3.63, 3.8) is 0 Å². The Bertz CT molecular complexity index is 1430. The number of aromatic hydroxyl groups is 1. The highest BCUT2D eigenvalue weighted by Gasteiger charge is 2.13. The number of halogens is 1. The number of amides is 1. The van der Waals surface area contributed by atoms with E-state index < -0.39 is 18.4 Å². The molecule has 4 aromatic rings. The first-order valence-corrected chi connectivity index (χ1v) is 11.3. The molecule has 9 nitrogen and oxygen atoms in total. The molecule has 0 saturated heterocycles. The van der Waals surface area contributed by atoms with Crippen LogP contribution in [0.15, 0.2) is 73.2 Å². The number of rotatable bonds is 9. The van der Waals surface area contributed by atoms with Crippen molar-refractivity contribution in [3.05, 3.63) is 90.0 Å². The normalized spacial score (nSPS) is 11.4. The van der Waals surface area contributed by atoms with Gasteiger partial charge in [-0.1, -0.05) is 12.1 Å². The number of pyridine rings is 1. The first kappa shape index (κ1) is 25.2. The van der Waals surface area contributed by atoms with E-state index in [0.717, 1.165) is 11.1 Å². The lowest BCUT2D eigenvalue weighted by molar-refractivity contribution is 0.0951. The summed E-state index contributed by atoms with van der Waals surface area (Å²) in [5.41, 5.74) is 3.00. The largest absolute Gasteiger partial charge is 0.504 e. The second kappa shape index (κ2) is 11.3. The Morgan fingerprint density at radius 2 is 1.92 bits per heavy atom. The lowest BCUT2D eigenvalue weighted by Gasteiger charge is -2.16. The Labute approximate surface area is 212 Å². The molecule has 0 saturated carbocycles. The summed E-state index contributed by atoms with van der Waals surface area (Å²) in [6.45, 7) is 0.808. The molecule has 188 valence electrons. The number of hydrogen-bond acceptors (Lipinski definition) is 8. The van der Waals surface area contributed by atoms with E-state index in [0.29, 0.717) is 22.9 Å². The van der Waals surface area contributed by atoms with Crippen LogP contribution < -0.4 is 15.4 Å². The first-order chi connectivity index (χ1) is 17.9. The number of phenols is 1. The van der Waals surface area contributed by atoms with Gasteiger partial charge in [-0.15, -0.1) is 0 Å². The Kier molecular flexibility index (Phi) is 7.68. The molecule has 0 radical (unpaired) electrons. The van der Waals surface area contributed by atoms with Crippen LogP contribution in [0.2, 0.25) is 0 Å². The monoisotopic (exact) mass is 501 g/mol. The van der Waals surface area contributed by atoms with Crippen molar-refractivity contribution in [1.29, 1.82) is 0 Å². The summed E-state index contributed by atoms with van der Waals surface area (Å²) in [7, 11) is 1.48. The molecule has 10 heteroatoms. The van der Waals surface area contributed by atoms with Crippen molar-refractivity contribution in [2.45, 2.75) is 13.0 Å². The van der Waals surface area contributed by atoms with Crippen molar-refractivity contribution < 1.29 is 23.8 Å². The highest BCUT2D eigenvalue weighted by Crippen LogP contribution is 2.31. The molecular weight excluding hydrogens is 477 g/mol. The van der Waals surface area contributed by atoms with Crippen molar-refractivity contribution in [1.82, 2.24) is 15.0 Å². The van der Waals surface area contributed by atoms with Gasteiger partial charge in [-0.05, 0) is 55.0 Å². The quantitative estimate of drug-likeness (QED) is 0.279. The lowest BCUT2D eigenvalue weighted by Crippen LogP contribution is -2.14. The van der Waals surface area contributed by atoms with Crippen molar-refractivity contribution >= 4 is 23.2 Å². The fourth-order valence-electron chi connectivity index (χ4n) is 3.57. The molecule has 2 aromatic heterocycles. The zero-order valence-corrected chi connectivity index (χ0v) is 20.1. The van der Waals surface area contributed by atoms with Gasteiger partial charge in [-0.25, -0.2) is 9.37 Å². The molecule has 0 aliphatic carbocycles. The van der Waals surface area contributed by atoms with Gasteiger partial charge >= 0.3 is 0 Å². The van der Waals surface area contributed by atoms with E-state index in [1.165, 1.54) is 31.5 Å². The summed E-state index contributed by atoms with van der Waals surface area (Å²) in [6.07, 6.45) is 4.46. The van der Waals surface area contributed by atoms with E-state index in [2.05, 4.69) is 25.6 Å². The Balaban J connectivity index is 1.45.